The predicted octanol–water partition coefficient (Wildman–Crippen LogP) is 2.04. The Morgan fingerprint density at radius 2 is 2.24 bits per heavy atom. The van der Waals surface area contributed by atoms with Crippen LogP contribution in [0.1, 0.15) is 29.8 Å². The standard InChI is InChI=1S/C16H19N3O2/c20-15(14-9-12-2-1-5-17-16(12)21-14)18-13-8-11-3-6-19(10-13)7-4-11/h1-2,5,9,11,13H,3-4,6-8,10H2,(H,18,20). The molecule has 3 aliphatic heterocycles. The van der Waals surface area contributed by atoms with Crippen molar-refractivity contribution in [2.24, 2.45) is 5.92 Å². The van der Waals surface area contributed by atoms with Crippen molar-refractivity contribution in [3.63, 3.8) is 0 Å². The number of hydrogen-bond donors (Lipinski definition) is 1. The van der Waals surface area contributed by atoms with Gasteiger partial charge in [0.25, 0.3) is 5.91 Å². The van der Waals surface area contributed by atoms with Gasteiger partial charge in [-0.2, -0.15) is 0 Å². The summed E-state index contributed by atoms with van der Waals surface area (Å²) in [4.78, 5) is 19.0. The molecule has 2 bridgehead atoms. The van der Waals surface area contributed by atoms with Crippen LogP contribution >= 0.6 is 0 Å². The zero-order valence-corrected chi connectivity index (χ0v) is 11.9. The van der Waals surface area contributed by atoms with Gasteiger partial charge >= 0.3 is 0 Å². The Labute approximate surface area is 123 Å². The van der Waals surface area contributed by atoms with Crippen LogP contribution in [-0.4, -0.2) is 41.5 Å². The molecule has 21 heavy (non-hydrogen) atoms. The Morgan fingerprint density at radius 1 is 1.38 bits per heavy atom. The molecule has 1 unspecified atom stereocenters. The van der Waals surface area contributed by atoms with Gasteiger partial charge in [-0.1, -0.05) is 0 Å². The topological polar surface area (TPSA) is 58.4 Å². The predicted molar refractivity (Wildman–Crippen MR) is 79.0 cm³/mol. The second-order valence-electron chi connectivity index (χ2n) is 6.16. The zero-order valence-electron chi connectivity index (χ0n) is 11.9. The molecule has 0 saturated carbocycles. The molecule has 1 N–H and O–H groups in total. The van der Waals surface area contributed by atoms with E-state index in [-0.39, 0.29) is 11.9 Å². The number of rotatable bonds is 2. The first-order valence-corrected chi connectivity index (χ1v) is 7.66. The largest absolute Gasteiger partial charge is 0.433 e. The van der Waals surface area contributed by atoms with Crippen LogP contribution in [0.25, 0.3) is 11.1 Å². The fourth-order valence-electron chi connectivity index (χ4n) is 3.54. The van der Waals surface area contributed by atoms with Crippen molar-refractivity contribution in [3.8, 4) is 0 Å². The Kier molecular flexibility index (Phi) is 3.15. The molecule has 3 fully saturated rings. The van der Waals surface area contributed by atoms with Crippen LogP contribution in [0.5, 0.6) is 0 Å². The van der Waals surface area contributed by atoms with E-state index in [0.717, 1.165) is 24.3 Å². The number of nitrogens with zero attached hydrogens (tertiary/aromatic N) is 2. The number of furan rings is 1. The summed E-state index contributed by atoms with van der Waals surface area (Å²) in [5, 5.41) is 4.00. The van der Waals surface area contributed by atoms with Crippen LogP contribution in [0.2, 0.25) is 0 Å². The zero-order chi connectivity index (χ0) is 14.2. The van der Waals surface area contributed by atoms with Crippen molar-refractivity contribution in [1.82, 2.24) is 15.2 Å². The molecule has 5 nitrogen and oxygen atoms in total. The normalized spacial score (nSPS) is 28.5. The molecular formula is C16H19N3O2. The molecule has 1 amide bonds. The molecular weight excluding hydrogens is 266 g/mol. The maximum Gasteiger partial charge on any atom is 0.287 e. The highest BCUT2D eigenvalue weighted by Crippen LogP contribution is 2.27. The van der Waals surface area contributed by atoms with E-state index in [1.807, 2.05) is 12.1 Å². The number of hydrogen-bond acceptors (Lipinski definition) is 4. The molecule has 0 spiro atoms. The van der Waals surface area contributed by atoms with Crippen molar-refractivity contribution >= 4 is 17.0 Å². The molecule has 0 radical (unpaired) electrons. The fourth-order valence-corrected chi connectivity index (χ4v) is 3.54. The molecule has 1 atom stereocenters. The van der Waals surface area contributed by atoms with Gasteiger partial charge in [-0.3, -0.25) is 4.79 Å². The quantitative estimate of drug-likeness (QED) is 0.917. The summed E-state index contributed by atoms with van der Waals surface area (Å²) in [6.45, 7) is 3.30. The van der Waals surface area contributed by atoms with Crippen LogP contribution in [-0.2, 0) is 0 Å². The Morgan fingerprint density at radius 3 is 3.05 bits per heavy atom. The summed E-state index contributed by atoms with van der Waals surface area (Å²) in [6.07, 6.45) is 5.28. The summed E-state index contributed by atoms with van der Waals surface area (Å²) >= 11 is 0. The fraction of sp³-hybridized carbons (Fsp3) is 0.500. The molecule has 0 aromatic carbocycles. The van der Waals surface area contributed by atoms with E-state index in [4.69, 9.17) is 4.42 Å². The van der Waals surface area contributed by atoms with Crippen molar-refractivity contribution in [3.05, 3.63) is 30.2 Å². The molecule has 110 valence electrons. The second kappa shape index (κ2) is 5.15. The lowest BCUT2D eigenvalue weighted by Crippen LogP contribution is -2.41. The van der Waals surface area contributed by atoms with Crippen molar-refractivity contribution in [2.75, 3.05) is 19.6 Å². The van der Waals surface area contributed by atoms with Crippen LogP contribution in [0, 0.1) is 5.92 Å². The number of piperidine rings is 1. The number of aromatic nitrogens is 1. The average molecular weight is 285 g/mol. The third-order valence-electron chi connectivity index (χ3n) is 4.66. The Bertz CT molecular complexity index is 611. The third kappa shape index (κ3) is 2.53. The monoisotopic (exact) mass is 285 g/mol. The van der Waals surface area contributed by atoms with Crippen molar-refractivity contribution in [2.45, 2.75) is 25.3 Å². The van der Waals surface area contributed by atoms with E-state index in [9.17, 15) is 4.79 Å². The molecule has 3 aliphatic rings. The molecule has 2 aromatic heterocycles. The number of fused-ring (bicyclic) bond motifs is 5. The average Bonchev–Trinajstić information content (AvgIpc) is 2.73. The molecule has 5 rings (SSSR count). The van der Waals surface area contributed by atoms with Gasteiger partial charge < -0.3 is 14.6 Å². The minimum Gasteiger partial charge on any atom is -0.433 e. The van der Waals surface area contributed by atoms with Gasteiger partial charge in [0, 0.05) is 24.2 Å². The molecule has 2 aromatic rings. The maximum absolute atomic E-state index is 12.4. The van der Waals surface area contributed by atoms with Crippen LogP contribution in [0.15, 0.2) is 28.8 Å². The van der Waals surface area contributed by atoms with Crippen molar-refractivity contribution in [1.29, 1.82) is 0 Å². The smallest absolute Gasteiger partial charge is 0.287 e. The van der Waals surface area contributed by atoms with Gasteiger partial charge in [0.05, 0.1) is 0 Å². The van der Waals surface area contributed by atoms with Crippen molar-refractivity contribution < 1.29 is 9.21 Å². The van der Waals surface area contributed by atoms with Crippen LogP contribution < -0.4 is 5.32 Å². The van der Waals surface area contributed by atoms with Gasteiger partial charge in [-0.15, -0.1) is 0 Å². The number of pyridine rings is 1. The first-order valence-electron chi connectivity index (χ1n) is 7.66. The molecule has 3 saturated heterocycles. The van der Waals surface area contributed by atoms with Crippen LogP contribution in [0.3, 0.4) is 0 Å². The summed E-state index contributed by atoms with van der Waals surface area (Å²) in [6, 6.07) is 5.74. The van der Waals surface area contributed by atoms with Gasteiger partial charge in [-0.25, -0.2) is 4.98 Å². The number of amides is 1. The Balaban J connectivity index is 1.50. The van der Waals surface area contributed by atoms with Crippen LogP contribution in [0.4, 0.5) is 0 Å². The molecule has 5 heteroatoms. The number of carbonyl (C=O) groups excluding carboxylic acids is 1. The summed E-state index contributed by atoms with van der Waals surface area (Å²) in [5.74, 6) is 0.988. The number of carbonyl (C=O) groups is 1. The highest BCUT2D eigenvalue weighted by molar-refractivity contribution is 5.95. The number of nitrogens with one attached hydrogen (secondary N) is 1. The maximum atomic E-state index is 12.4. The van der Waals surface area contributed by atoms with E-state index in [1.165, 1.54) is 25.9 Å². The van der Waals surface area contributed by atoms with E-state index in [1.54, 1.807) is 12.3 Å². The minimum atomic E-state index is -0.125. The lowest BCUT2D eigenvalue weighted by Gasteiger charge is -2.26. The van der Waals surface area contributed by atoms with E-state index < -0.39 is 0 Å². The molecule has 0 aliphatic carbocycles. The lowest BCUT2D eigenvalue weighted by atomic mass is 9.94. The second-order valence-corrected chi connectivity index (χ2v) is 6.16. The van der Waals surface area contributed by atoms with E-state index in [2.05, 4.69) is 15.2 Å². The highest BCUT2D eigenvalue weighted by Gasteiger charge is 2.30. The highest BCUT2D eigenvalue weighted by atomic mass is 16.4. The first-order chi connectivity index (χ1) is 10.3. The van der Waals surface area contributed by atoms with Gasteiger partial charge in [-0.05, 0) is 56.5 Å². The van der Waals surface area contributed by atoms with E-state index >= 15 is 0 Å². The van der Waals surface area contributed by atoms with Gasteiger partial charge in [0.15, 0.2) is 5.76 Å². The lowest BCUT2D eigenvalue weighted by molar-refractivity contribution is 0.0902. The van der Waals surface area contributed by atoms with Gasteiger partial charge in [0.2, 0.25) is 5.71 Å². The Hall–Kier alpha value is -1.88. The molecule has 5 heterocycles. The summed E-state index contributed by atoms with van der Waals surface area (Å²) < 4.78 is 5.54. The SMILES string of the molecule is O=C(NC1CC2CCN(CC2)C1)c1cc2cccnc2o1. The van der Waals surface area contributed by atoms with Gasteiger partial charge in [0.1, 0.15) is 0 Å². The van der Waals surface area contributed by atoms with E-state index in [0.29, 0.717) is 11.5 Å². The minimum absolute atomic E-state index is 0.125. The summed E-state index contributed by atoms with van der Waals surface area (Å²) in [7, 11) is 0. The summed E-state index contributed by atoms with van der Waals surface area (Å²) in [5.41, 5.74) is 0.521. The first kappa shape index (κ1) is 12.8. The third-order valence-corrected chi connectivity index (χ3v) is 4.66.